The van der Waals surface area contributed by atoms with E-state index in [1.807, 2.05) is 19.1 Å². The van der Waals surface area contributed by atoms with Gasteiger partial charge in [0.05, 0.1) is 0 Å². The highest BCUT2D eigenvalue weighted by atomic mass is 16.7. The molecular weight excluding hydrogens is 140 g/mol. The van der Waals surface area contributed by atoms with Gasteiger partial charge in [0.2, 0.25) is 6.79 Å². The van der Waals surface area contributed by atoms with Crippen molar-refractivity contribution >= 4 is 0 Å². The monoisotopic (exact) mass is 152 g/mol. The van der Waals surface area contributed by atoms with Crippen LogP contribution >= 0.6 is 0 Å². The minimum absolute atomic E-state index is 0.347. The lowest BCUT2D eigenvalue weighted by molar-refractivity contribution is 0.0726. The molecule has 0 fully saturated rings. The lowest BCUT2D eigenvalue weighted by atomic mass is 10.3. The molecule has 0 saturated carbocycles. The molecule has 11 heavy (non-hydrogen) atoms. The van der Waals surface area contributed by atoms with Gasteiger partial charge in [-0.15, -0.1) is 0 Å². The maximum absolute atomic E-state index is 5.18. The van der Waals surface area contributed by atoms with Gasteiger partial charge in [-0.2, -0.15) is 0 Å². The van der Waals surface area contributed by atoms with E-state index in [0.29, 0.717) is 6.79 Å². The Labute approximate surface area is 66.8 Å². The van der Waals surface area contributed by atoms with E-state index in [4.69, 9.17) is 9.47 Å². The second-order valence-electron chi connectivity index (χ2n) is 2.14. The third-order valence-corrected chi connectivity index (χ3v) is 1.43. The molecule has 0 amide bonds. The Morgan fingerprint density at radius 2 is 2.36 bits per heavy atom. The molecule has 0 N–H and O–H groups in total. The van der Waals surface area contributed by atoms with Crippen LogP contribution in [-0.2, 0) is 9.47 Å². The molecule has 2 heteroatoms. The van der Waals surface area contributed by atoms with E-state index in [-0.39, 0.29) is 0 Å². The summed E-state index contributed by atoms with van der Waals surface area (Å²) in [6.07, 6.45) is 6.28. The van der Waals surface area contributed by atoms with Crippen LogP contribution in [0.2, 0.25) is 0 Å². The van der Waals surface area contributed by atoms with E-state index in [9.17, 15) is 0 Å². The van der Waals surface area contributed by atoms with Crippen LogP contribution in [0, 0.1) is 0 Å². The molecule has 0 saturated heterocycles. The van der Waals surface area contributed by atoms with Gasteiger partial charge in [0, 0.05) is 6.42 Å². The van der Waals surface area contributed by atoms with Crippen molar-refractivity contribution in [3.05, 3.63) is 36.3 Å². The van der Waals surface area contributed by atoms with Crippen LogP contribution in [0.15, 0.2) is 36.3 Å². The minimum atomic E-state index is 0.347. The third-order valence-electron chi connectivity index (χ3n) is 1.43. The molecule has 0 unspecified atom stereocenters. The summed E-state index contributed by atoms with van der Waals surface area (Å²) in [6, 6.07) is 0. The molecule has 0 aliphatic carbocycles. The van der Waals surface area contributed by atoms with Crippen molar-refractivity contribution in [1.29, 1.82) is 0 Å². The van der Waals surface area contributed by atoms with Crippen molar-refractivity contribution in [1.82, 2.24) is 0 Å². The quantitative estimate of drug-likeness (QED) is 0.578. The van der Waals surface area contributed by atoms with Crippen molar-refractivity contribution in [3.63, 3.8) is 0 Å². The summed E-state index contributed by atoms with van der Waals surface area (Å²) >= 11 is 0. The molecule has 0 aromatic carbocycles. The van der Waals surface area contributed by atoms with Gasteiger partial charge in [-0.05, 0) is 6.08 Å². The molecule has 0 aromatic rings. The molecule has 1 aliphatic rings. The maximum atomic E-state index is 5.18. The Bertz CT molecular complexity index is 202. The van der Waals surface area contributed by atoms with E-state index in [2.05, 4.69) is 6.58 Å². The van der Waals surface area contributed by atoms with Crippen molar-refractivity contribution < 1.29 is 9.47 Å². The number of ether oxygens (including phenoxy) is 2. The van der Waals surface area contributed by atoms with Crippen LogP contribution in [0.5, 0.6) is 0 Å². The van der Waals surface area contributed by atoms with Gasteiger partial charge in [-0.1, -0.05) is 25.7 Å². The molecule has 2 nitrogen and oxygen atoms in total. The summed E-state index contributed by atoms with van der Waals surface area (Å²) in [4.78, 5) is 0. The summed E-state index contributed by atoms with van der Waals surface area (Å²) in [5, 5.41) is 0. The van der Waals surface area contributed by atoms with Crippen molar-refractivity contribution in [3.8, 4) is 0 Å². The molecule has 1 rings (SSSR count). The Kier molecular flexibility index (Phi) is 2.78. The van der Waals surface area contributed by atoms with Crippen LogP contribution in [0.1, 0.15) is 13.3 Å². The fourth-order valence-corrected chi connectivity index (χ4v) is 0.888. The molecule has 1 heterocycles. The highest BCUT2D eigenvalue weighted by molar-refractivity contribution is 5.20. The average Bonchev–Trinajstić information content (AvgIpc) is 2.47. The summed E-state index contributed by atoms with van der Waals surface area (Å²) < 4.78 is 10.4. The van der Waals surface area contributed by atoms with Crippen LogP contribution in [0.25, 0.3) is 0 Å². The standard InChI is InChI=1S/C9H12O2/c1-3-5-6-9-8(4-2)10-7-11-9/h3,5-6H,1,4,7H2,2H3/b6-5-. The van der Waals surface area contributed by atoms with E-state index >= 15 is 0 Å². The Morgan fingerprint density at radius 1 is 1.55 bits per heavy atom. The molecule has 0 radical (unpaired) electrons. The van der Waals surface area contributed by atoms with Crippen molar-refractivity contribution in [2.45, 2.75) is 13.3 Å². The number of allylic oxidation sites excluding steroid dienone is 4. The van der Waals surface area contributed by atoms with E-state index in [1.54, 1.807) is 6.08 Å². The van der Waals surface area contributed by atoms with Gasteiger partial charge in [0.15, 0.2) is 5.76 Å². The third kappa shape index (κ3) is 1.87. The molecule has 60 valence electrons. The topological polar surface area (TPSA) is 18.5 Å². The Morgan fingerprint density at radius 3 is 3.00 bits per heavy atom. The van der Waals surface area contributed by atoms with Crippen molar-refractivity contribution in [2.75, 3.05) is 6.79 Å². The molecule has 0 atom stereocenters. The second-order valence-corrected chi connectivity index (χ2v) is 2.14. The zero-order valence-corrected chi connectivity index (χ0v) is 6.67. The average molecular weight is 152 g/mol. The van der Waals surface area contributed by atoms with Crippen LogP contribution in [0.4, 0.5) is 0 Å². The second kappa shape index (κ2) is 3.86. The maximum Gasteiger partial charge on any atom is 0.230 e. The fraction of sp³-hybridized carbons (Fsp3) is 0.333. The van der Waals surface area contributed by atoms with Crippen LogP contribution in [-0.4, -0.2) is 6.79 Å². The van der Waals surface area contributed by atoms with Crippen LogP contribution in [0.3, 0.4) is 0 Å². The number of hydrogen-bond acceptors (Lipinski definition) is 2. The van der Waals surface area contributed by atoms with E-state index < -0.39 is 0 Å². The lowest BCUT2D eigenvalue weighted by Gasteiger charge is -1.93. The van der Waals surface area contributed by atoms with Gasteiger partial charge in [-0.25, -0.2) is 0 Å². The summed E-state index contributed by atoms with van der Waals surface area (Å²) in [5.74, 6) is 1.75. The first kappa shape index (κ1) is 7.92. The van der Waals surface area contributed by atoms with Gasteiger partial charge in [-0.3, -0.25) is 0 Å². The largest absolute Gasteiger partial charge is 0.458 e. The smallest absolute Gasteiger partial charge is 0.230 e. The van der Waals surface area contributed by atoms with E-state index in [1.165, 1.54) is 0 Å². The predicted molar refractivity (Wildman–Crippen MR) is 43.7 cm³/mol. The highest BCUT2D eigenvalue weighted by Crippen LogP contribution is 2.19. The zero-order chi connectivity index (χ0) is 8.10. The van der Waals surface area contributed by atoms with E-state index in [0.717, 1.165) is 17.9 Å². The van der Waals surface area contributed by atoms with Crippen LogP contribution < -0.4 is 0 Å². The molecule has 1 aliphatic heterocycles. The first-order valence-electron chi connectivity index (χ1n) is 3.66. The first-order chi connectivity index (χ1) is 5.38. The lowest BCUT2D eigenvalue weighted by Crippen LogP contribution is -1.81. The fourth-order valence-electron chi connectivity index (χ4n) is 0.888. The van der Waals surface area contributed by atoms with Gasteiger partial charge >= 0.3 is 0 Å². The minimum Gasteiger partial charge on any atom is -0.458 e. The SMILES string of the molecule is C=C/C=C\C1=C(CC)OCO1. The van der Waals surface area contributed by atoms with Gasteiger partial charge < -0.3 is 9.47 Å². The Balaban J connectivity index is 2.66. The molecular formula is C9H12O2. The number of rotatable bonds is 3. The van der Waals surface area contributed by atoms with Gasteiger partial charge in [0.25, 0.3) is 0 Å². The summed E-state index contributed by atoms with van der Waals surface area (Å²) in [6.45, 7) is 5.95. The summed E-state index contributed by atoms with van der Waals surface area (Å²) in [7, 11) is 0. The predicted octanol–water partition coefficient (Wildman–Crippen LogP) is 2.35. The Hall–Kier alpha value is -1.18. The van der Waals surface area contributed by atoms with Crippen molar-refractivity contribution in [2.24, 2.45) is 0 Å². The summed E-state index contributed by atoms with van der Waals surface area (Å²) in [5.41, 5.74) is 0. The molecule has 0 spiro atoms. The molecule has 0 aromatic heterocycles. The number of hydrogen-bond donors (Lipinski definition) is 0. The normalized spacial score (nSPS) is 16.8. The van der Waals surface area contributed by atoms with Gasteiger partial charge in [0.1, 0.15) is 5.76 Å². The molecule has 0 bridgehead atoms. The highest BCUT2D eigenvalue weighted by Gasteiger charge is 2.11. The first-order valence-corrected chi connectivity index (χ1v) is 3.66. The zero-order valence-electron chi connectivity index (χ0n) is 6.67.